The van der Waals surface area contributed by atoms with Crippen molar-refractivity contribution in [3.05, 3.63) is 21.0 Å². The summed E-state index contributed by atoms with van der Waals surface area (Å²) in [6.07, 6.45) is 6.95. The Morgan fingerprint density at radius 3 is 2.47 bits per heavy atom. The van der Waals surface area contributed by atoms with Crippen molar-refractivity contribution in [2.24, 2.45) is 0 Å². The second-order valence-corrected chi connectivity index (χ2v) is 4.79. The fourth-order valence-electron chi connectivity index (χ4n) is 2.17. The van der Waals surface area contributed by atoms with Gasteiger partial charge in [0.1, 0.15) is 0 Å². The van der Waals surface area contributed by atoms with E-state index in [4.69, 9.17) is 0 Å². The monoisotopic (exact) mass is 265 g/mol. The van der Waals surface area contributed by atoms with Crippen molar-refractivity contribution in [3.63, 3.8) is 0 Å². The SMILES string of the molecule is CSc1nc(=O)n(C2CCCCC2)c(=O)[nH]1.[NaH]. The molecule has 1 aliphatic carbocycles. The summed E-state index contributed by atoms with van der Waals surface area (Å²) in [5.74, 6) is 0. The Morgan fingerprint density at radius 1 is 1.29 bits per heavy atom. The topological polar surface area (TPSA) is 67.8 Å². The standard InChI is InChI=1S/C10H15N3O2S.Na.H/c1-16-8-11-9(14)13(10(15)12-8)7-5-3-2-4-6-7;;/h7H,2-6H2,1H3,(H,11,12,14,15);;. The molecule has 0 amide bonds. The number of thioether (sulfide) groups is 1. The Hall–Kier alpha value is -0.0400. The number of aromatic nitrogens is 3. The van der Waals surface area contributed by atoms with E-state index in [9.17, 15) is 9.59 Å². The summed E-state index contributed by atoms with van der Waals surface area (Å²) in [7, 11) is 0. The van der Waals surface area contributed by atoms with Crippen molar-refractivity contribution in [1.82, 2.24) is 14.5 Å². The fraction of sp³-hybridized carbons (Fsp3) is 0.700. The van der Waals surface area contributed by atoms with Gasteiger partial charge in [-0.2, -0.15) is 4.98 Å². The van der Waals surface area contributed by atoms with E-state index in [2.05, 4.69) is 9.97 Å². The second kappa shape index (κ2) is 6.78. The molecule has 7 heteroatoms. The molecule has 0 aromatic carbocycles. The van der Waals surface area contributed by atoms with E-state index in [1.54, 1.807) is 6.26 Å². The molecule has 90 valence electrons. The first kappa shape index (κ1) is 15.0. The van der Waals surface area contributed by atoms with Crippen LogP contribution in [0.4, 0.5) is 0 Å². The van der Waals surface area contributed by atoms with Crippen LogP contribution in [0.5, 0.6) is 0 Å². The summed E-state index contributed by atoms with van der Waals surface area (Å²) in [5.41, 5.74) is -0.740. The van der Waals surface area contributed by atoms with Crippen molar-refractivity contribution in [1.29, 1.82) is 0 Å². The van der Waals surface area contributed by atoms with Gasteiger partial charge in [0.15, 0.2) is 5.16 Å². The van der Waals surface area contributed by atoms with Gasteiger partial charge in [-0.25, -0.2) is 14.2 Å². The van der Waals surface area contributed by atoms with Crippen LogP contribution < -0.4 is 11.4 Å². The van der Waals surface area contributed by atoms with Crippen LogP contribution in [0.25, 0.3) is 0 Å². The van der Waals surface area contributed by atoms with Gasteiger partial charge in [0.2, 0.25) is 0 Å². The minimum atomic E-state index is -0.417. The molecule has 1 aromatic heterocycles. The minimum absolute atomic E-state index is 0. The molecular formula is C10H16N3NaO2S. The summed E-state index contributed by atoms with van der Waals surface area (Å²) in [6, 6.07) is 0.0356. The van der Waals surface area contributed by atoms with Crippen molar-refractivity contribution < 1.29 is 0 Å². The normalized spacial score (nSPS) is 16.5. The first-order valence-electron chi connectivity index (χ1n) is 5.49. The molecule has 1 saturated carbocycles. The molecule has 0 atom stereocenters. The average Bonchev–Trinajstić information content (AvgIpc) is 2.29. The van der Waals surface area contributed by atoms with Gasteiger partial charge in [-0.1, -0.05) is 31.0 Å². The average molecular weight is 265 g/mol. The third kappa shape index (κ3) is 3.47. The zero-order valence-corrected chi connectivity index (χ0v) is 10.0. The summed E-state index contributed by atoms with van der Waals surface area (Å²) in [4.78, 5) is 30.0. The molecule has 1 N–H and O–H groups in total. The molecule has 1 aliphatic rings. The number of hydrogen-bond donors (Lipinski definition) is 1. The maximum absolute atomic E-state index is 11.8. The van der Waals surface area contributed by atoms with E-state index in [1.165, 1.54) is 22.7 Å². The van der Waals surface area contributed by atoms with E-state index in [1.807, 2.05) is 0 Å². The van der Waals surface area contributed by atoms with Crippen LogP contribution >= 0.6 is 11.8 Å². The fourth-order valence-corrected chi connectivity index (χ4v) is 2.52. The summed E-state index contributed by atoms with van der Waals surface area (Å²) >= 11 is 1.27. The van der Waals surface area contributed by atoms with Crippen LogP contribution in [0.1, 0.15) is 38.1 Å². The summed E-state index contributed by atoms with van der Waals surface area (Å²) < 4.78 is 1.28. The Kier molecular flexibility index (Phi) is 5.99. The van der Waals surface area contributed by atoms with Crippen molar-refractivity contribution in [3.8, 4) is 0 Å². The maximum atomic E-state index is 11.8. The summed E-state index contributed by atoms with van der Waals surface area (Å²) in [5, 5.41) is 0.391. The number of aromatic amines is 1. The molecule has 5 nitrogen and oxygen atoms in total. The van der Waals surface area contributed by atoms with Crippen LogP contribution in [-0.4, -0.2) is 50.3 Å². The van der Waals surface area contributed by atoms with Crippen LogP contribution in [0.2, 0.25) is 0 Å². The number of hydrogen-bond acceptors (Lipinski definition) is 4. The van der Waals surface area contributed by atoms with Crippen LogP contribution in [0.3, 0.4) is 0 Å². The van der Waals surface area contributed by atoms with Crippen molar-refractivity contribution in [2.75, 3.05) is 6.26 Å². The quantitative estimate of drug-likeness (QED) is 0.625. The predicted octanol–water partition coefficient (Wildman–Crippen LogP) is 0.510. The summed E-state index contributed by atoms with van der Waals surface area (Å²) in [6.45, 7) is 0. The third-order valence-corrected chi connectivity index (χ3v) is 3.55. The Balaban J connectivity index is 0.00000144. The van der Waals surface area contributed by atoms with Crippen LogP contribution in [0, 0.1) is 0 Å². The molecule has 0 spiro atoms. The van der Waals surface area contributed by atoms with Crippen LogP contribution in [-0.2, 0) is 0 Å². The van der Waals surface area contributed by atoms with Gasteiger partial charge in [-0.05, 0) is 19.1 Å². The van der Waals surface area contributed by atoms with E-state index >= 15 is 0 Å². The van der Waals surface area contributed by atoms with Gasteiger partial charge in [0.05, 0.1) is 0 Å². The predicted molar refractivity (Wildman–Crippen MR) is 70.2 cm³/mol. The zero-order valence-electron chi connectivity index (χ0n) is 9.23. The molecule has 0 radical (unpaired) electrons. The first-order valence-corrected chi connectivity index (χ1v) is 6.71. The second-order valence-electron chi connectivity index (χ2n) is 4.00. The van der Waals surface area contributed by atoms with Gasteiger partial charge in [0.25, 0.3) is 0 Å². The molecule has 1 fully saturated rings. The molecule has 0 unspecified atom stereocenters. The van der Waals surface area contributed by atoms with E-state index < -0.39 is 5.69 Å². The molecule has 2 rings (SSSR count). The van der Waals surface area contributed by atoms with E-state index in [0.29, 0.717) is 5.16 Å². The number of nitrogens with one attached hydrogen (secondary N) is 1. The van der Waals surface area contributed by atoms with E-state index in [0.717, 1.165) is 25.7 Å². The Labute approximate surface area is 126 Å². The van der Waals surface area contributed by atoms with Crippen LogP contribution in [0.15, 0.2) is 14.7 Å². The molecular weight excluding hydrogens is 249 g/mol. The molecule has 1 aromatic rings. The molecule has 1 heterocycles. The Morgan fingerprint density at radius 2 is 1.94 bits per heavy atom. The van der Waals surface area contributed by atoms with Gasteiger partial charge in [-0.15, -0.1) is 0 Å². The Bertz CT molecular complexity index is 448. The molecule has 17 heavy (non-hydrogen) atoms. The molecule has 0 saturated heterocycles. The van der Waals surface area contributed by atoms with Crippen molar-refractivity contribution in [2.45, 2.75) is 43.3 Å². The molecule has 0 bridgehead atoms. The van der Waals surface area contributed by atoms with Gasteiger partial charge >= 0.3 is 40.9 Å². The first-order chi connectivity index (χ1) is 7.72. The number of nitrogens with zero attached hydrogens (tertiary/aromatic N) is 2. The van der Waals surface area contributed by atoms with Gasteiger partial charge in [0, 0.05) is 6.04 Å². The zero-order chi connectivity index (χ0) is 11.5. The van der Waals surface area contributed by atoms with Crippen molar-refractivity contribution >= 4 is 41.3 Å². The molecule has 0 aliphatic heterocycles. The van der Waals surface area contributed by atoms with Gasteiger partial charge in [-0.3, -0.25) is 4.98 Å². The number of H-pyrrole nitrogens is 1. The third-order valence-electron chi connectivity index (χ3n) is 2.97. The van der Waals surface area contributed by atoms with E-state index in [-0.39, 0.29) is 41.3 Å². The number of rotatable bonds is 2. The van der Waals surface area contributed by atoms with Gasteiger partial charge < -0.3 is 0 Å².